The first-order chi connectivity index (χ1) is 7.44. The lowest BCUT2D eigenvalue weighted by atomic mass is 10.0. The number of hydrogen-bond acceptors (Lipinski definition) is 4. The summed E-state index contributed by atoms with van der Waals surface area (Å²) in [7, 11) is 0. The molecule has 0 amide bonds. The first-order valence-corrected chi connectivity index (χ1v) is 5.75. The molecule has 1 aromatic rings. The molecule has 0 radical (unpaired) electrons. The molecule has 0 atom stereocenters. The summed E-state index contributed by atoms with van der Waals surface area (Å²) in [5.74, 6) is 1.29. The predicted octanol–water partition coefficient (Wildman–Crippen LogP) is 2.14. The van der Waals surface area contributed by atoms with Crippen LogP contribution in [0, 0.1) is 0 Å². The third-order valence-corrected chi connectivity index (χ3v) is 2.52. The van der Waals surface area contributed by atoms with Crippen molar-refractivity contribution >= 4 is 5.82 Å². The predicted molar refractivity (Wildman–Crippen MR) is 67.5 cm³/mol. The van der Waals surface area contributed by atoms with Crippen LogP contribution in [-0.2, 0) is 0 Å². The van der Waals surface area contributed by atoms with Crippen molar-refractivity contribution < 1.29 is 0 Å². The highest BCUT2D eigenvalue weighted by atomic mass is 15.1. The molecule has 0 aliphatic heterocycles. The molecule has 16 heavy (non-hydrogen) atoms. The van der Waals surface area contributed by atoms with E-state index in [1.54, 1.807) is 6.33 Å². The molecular formula is C12H22N4. The topological polar surface area (TPSA) is 63.8 Å². The highest BCUT2D eigenvalue weighted by Crippen LogP contribution is 2.18. The van der Waals surface area contributed by atoms with Gasteiger partial charge in [-0.15, -0.1) is 0 Å². The number of anilines is 1. The van der Waals surface area contributed by atoms with Crippen LogP contribution in [0.15, 0.2) is 12.4 Å². The van der Waals surface area contributed by atoms with Crippen molar-refractivity contribution in [2.24, 2.45) is 5.73 Å². The van der Waals surface area contributed by atoms with Gasteiger partial charge in [-0.25, -0.2) is 9.97 Å². The molecule has 0 aliphatic carbocycles. The zero-order valence-corrected chi connectivity index (χ0v) is 10.6. The van der Waals surface area contributed by atoms with Crippen LogP contribution in [0.25, 0.3) is 0 Å². The van der Waals surface area contributed by atoms with Gasteiger partial charge in [-0.05, 0) is 32.7 Å². The fourth-order valence-corrected chi connectivity index (χ4v) is 1.53. The minimum absolute atomic E-state index is 0.0304. The van der Waals surface area contributed by atoms with Gasteiger partial charge in [0.05, 0.1) is 0 Å². The molecular weight excluding hydrogens is 200 g/mol. The van der Waals surface area contributed by atoms with Crippen LogP contribution in [0.2, 0.25) is 0 Å². The molecule has 1 aromatic heterocycles. The van der Waals surface area contributed by atoms with E-state index < -0.39 is 0 Å². The molecule has 4 nitrogen and oxygen atoms in total. The maximum absolute atomic E-state index is 5.57. The fourth-order valence-electron chi connectivity index (χ4n) is 1.53. The van der Waals surface area contributed by atoms with Gasteiger partial charge in [0.2, 0.25) is 0 Å². The third kappa shape index (κ3) is 3.77. The van der Waals surface area contributed by atoms with Gasteiger partial charge in [-0.2, -0.15) is 0 Å². The Morgan fingerprint density at radius 1 is 1.38 bits per heavy atom. The van der Waals surface area contributed by atoms with Crippen molar-refractivity contribution in [1.82, 2.24) is 9.97 Å². The van der Waals surface area contributed by atoms with E-state index in [2.05, 4.69) is 43.0 Å². The van der Waals surface area contributed by atoms with E-state index in [0.29, 0.717) is 12.5 Å². The first-order valence-electron chi connectivity index (χ1n) is 5.75. The van der Waals surface area contributed by atoms with Gasteiger partial charge in [0.1, 0.15) is 12.1 Å². The fraction of sp³-hybridized carbons (Fsp3) is 0.667. The Morgan fingerprint density at radius 3 is 2.62 bits per heavy atom. The smallest absolute Gasteiger partial charge is 0.130 e. The summed E-state index contributed by atoms with van der Waals surface area (Å²) in [6.45, 7) is 9.16. The number of hydrogen-bond donors (Lipinski definition) is 2. The van der Waals surface area contributed by atoms with Gasteiger partial charge < -0.3 is 11.1 Å². The highest BCUT2D eigenvalue weighted by molar-refractivity contribution is 5.38. The SMILES string of the molecule is CC(C)c1cc(NC(C)(C)CCN)ncn1. The maximum Gasteiger partial charge on any atom is 0.130 e. The van der Waals surface area contributed by atoms with Crippen LogP contribution in [0.3, 0.4) is 0 Å². The molecule has 0 saturated heterocycles. The summed E-state index contributed by atoms with van der Waals surface area (Å²) in [6.07, 6.45) is 2.52. The lowest BCUT2D eigenvalue weighted by molar-refractivity contribution is 0.524. The van der Waals surface area contributed by atoms with Crippen LogP contribution in [0.5, 0.6) is 0 Å². The van der Waals surface area contributed by atoms with Crippen molar-refractivity contribution in [3.63, 3.8) is 0 Å². The molecule has 3 N–H and O–H groups in total. The average molecular weight is 222 g/mol. The minimum atomic E-state index is -0.0304. The van der Waals surface area contributed by atoms with Crippen LogP contribution >= 0.6 is 0 Å². The second-order valence-corrected chi connectivity index (χ2v) is 5.03. The Kier molecular flexibility index (Phi) is 4.24. The quantitative estimate of drug-likeness (QED) is 0.801. The lowest BCUT2D eigenvalue weighted by Gasteiger charge is -2.26. The minimum Gasteiger partial charge on any atom is -0.365 e. The van der Waals surface area contributed by atoms with Crippen molar-refractivity contribution in [1.29, 1.82) is 0 Å². The van der Waals surface area contributed by atoms with Gasteiger partial charge >= 0.3 is 0 Å². The summed E-state index contributed by atoms with van der Waals surface area (Å²) in [5, 5.41) is 3.38. The first kappa shape index (κ1) is 12.9. The van der Waals surface area contributed by atoms with E-state index in [1.807, 2.05) is 6.07 Å². The van der Waals surface area contributed by atoms with Crippen molar-refractivity contribution in [3.05, 3.63) is 18.1 Å². The van der Waals surface area contributed by atoms with Gasteiger partial charge in [-0.1, -0.05) is 13.8 Å². The largest absolute Gasteiger partial charge is 0.365 e. The Labute approximate surface area is 97.7 Å². The van der Waals surface area contributed by atoms with Gasteiger partial charge in [0.15, 0.2) is 0 Å². The van der Waals surface area contributed by atoms with E-state index in [1.165, 1.54) is 0 Å². The van der Waals surface area contributed by atoms with Crippen LogP contribution in [0.1, 0.15) is 45.7 Å². The normalized spacial score (nSPS) is 11.9. The molecule has 4 heteroatoms. The highest BCUT2D eigenvalue weighted by Gasteiger charge is 2.17. The number of rotatable bonds is 5. The summed E-state index contributed by atoms with van der Waals surface area (Å²) >= 11 is 0. The molecule has 90 valence electrons. The Bertz CT molecular complexity index is 334. The Hall–Kier alpha value is -1.16. The standard InChI is InChI=1S/C12H22N4/c1-9(2)10-7-11(15-8-14-10)16-12(3,4)5-6-13/h7-9H,5-6,13H2,1-4H3,(H,14,15,16). The second-order valence-electron chi connectivity index (χ2n) is 5.03. The Morgan fingerprint density at radius 2 is 2.06 bits per heavy atom. The van der Waals surface area contributed by atoms with Gasteiger partial charge in [0.25, 0.3) is 0 Å². The lowest BCUT2D eigenvalue weighted by Crippen LogP contribution is -2.33. The molecule has 0 fully saturated rings. The summed E-state index contributed by atoms with van der Waals surface area (Å²) < 4.78 is 0. The molecule has 0 aromatic carbocycles. The third-order valence-electron chi connectivity index (χ3n) is 2.52. The van der Waals surface area contributed by atoms with Gasteiger partial charge in [-0.3, -0.25) is 0 Å². The van der Waals surface area contributed by atoms with E-state index in [-0.39, 0.29) is 5.54 Å². The van der Waals surface area contributed by atoms with E-state index in [0.717, 1.165) is 17.9 Å². The summed E-state index contributed by atoms with van der Waals surface area (Å²) in [5.41, 5.74) is 6.60. The monoisotopic (exact) mass is 222 g/mol. The molecule has 1 rings (SSSR count). The summed E-state index contributed by atoms with van der Waals surface area (Å²) in [4.78, 5) is 8.47. The van der Waals surface area contributed by atoms with Crippen LogP contribution < -0.4 is 11.1 Å². The molecule has 0 saturated carbocycles. The summed E-state index contributed by atoms with van der Waals surface area (Å²) in [6, 6.07) is 2.00. The molecule has 0 bridgehead atoms. The zero-order chi connectivity index (χ0) is 12.2. The van der Waals surface area contributed by atoms with Crippen molar-refractivity contribution in [2.75, 3.05) is 11.9 Å². The van der Waals surface area contributed by atoms with E-state index in [4.69, 9.17) is 5.73 Å². The molecule has 1 heterocycles. The van der Waals surface area contributed by atoms with Crippen LogP contribution in [-0.4, -0.2) is 22.1 Å². The van der Waals surface area contributed by atoms with E-state index in [9.17, 15) is 0 Å². The maximum atomic E-state index is 5.57. The van der Waals surface area contributed by atoms with E-state index >= 15 is 0 Å². The molecule has 0 aliphatic rings. The average Bonchev–Trinajstić information content (AvgIpc) is 2.17. The number of nitrogens with zero attached hydrogens (tertiary/aromatic N) is 2. The number of nitrogens with two attached hydrogens (primary N) is 1. The van der Waals surface area contributed by atoms with Crippen LogP contribution in [0.4, 0.5) is 5.82 Å². The zero-order valence-electron chi connectivity index (χ0n) is 10.6. The second kappa shape index (κ2) is 5.25. The molecule has 0 spiro atoms. The van der Waals surface area contributed by atoms with Crippen molar-refractivity contribution in [3.8, 4) is 0 Å². The van der Waals surface area contributed by atoms with Gasteiger partial charge in [0, 0.05) is 17.3 Å². The van der Waals surface area contributed by atoms with Crippen molar-refractivity contribution in [2.45, 2.75) is 45.6 Å². The Balaban J connectivity index is 2.77. The molecule has 0 unspecified atom stereocenters. The number of aromatic nitrogens is 2. The number of nitrogens with one attached hydrogen (secondary N) is 1.